The Morgan fingerprint density at radius 1 is 1.12 bits per heavy atom. The zero-order valence-corrected chi connectivity index (χ0v) is 16.8. The fraction of sp³-hybridized carbons (Fsp3) is 0.632. The quantitative estimate of drug-likeness (QED) is 0.719. The van der Waals surface area contributed by atoms with E-state index in [0.717, 1.165) is 30.3 Å². The van der Waals surface area contributed by atoms with E-state index in [0.29, 0.717) is 25.2 Å². The van der Waals surface area contributed by atoms with E-state index in [9.17, 15) is 13.2 Å². The van der Waals surface area contributed by atoms with Crippen LogP contribution < -0.4 is 5.32 Å². The molecule has 26 heavy (non-hydrogen) atoms. The SMILES string of the molecule is O=C(NCCSC1CCCC1)c1cccc(S(=O)(=O)N2CCCCC2)c1. The van der Waals surface area contributed by atoms with Crippen molar-refractivity contribution in [2.75, 3.05) is 25.4 Å². The molecule has 1 N–H and O–H groups in total. The fourth-order valence-electron chi connectivity index (χ4n) is 3.60. The van der Waals surface area contributed by atoms with Gasteiger partial charge in [-0.1, -0.05) is 25.3 Å². The van der Waals surface area contributed by atoms with Crippen LogP contribution in [-0.4, -0.2) is 49.3 Å². The lowest BCUT2D eigenvalue weighted by atomic mass is 10.2. The van der Waals surface area contributed by atoms with E-state index in [1.165, 1.54) is 36.1 Å². The number of thioether (sulfide) groups is 1. The second kappa shape index (κ2) is 9.24. The molecule has 0 radical (unpaired) electrons. The molecule has 1 aromatic rings. The Hall–Kier alpha value is -1.05. The van der Waals surface area contributed by atoms with Crippen LogP contribution in [0.2, 0.25) is 0 Å². The lowest BCUT2D eigenvalue weighted by Gasteiger charge is -2.26. The number of carbonyl (C=O) groups is 1. The van der Waals surface area contributed by atoms with Crippen molar-refractivity contribution >= 4 is 27.7 Å². The van der Waals surface area contributed by atoms with E-state index in [1.807, 2.05) is 11.8 Å². The highest BCUT2D eigenvalue weighted by Gasteiger charge is 2.26. The van der Waals surface area contributed by atoms with Crippen LogP contribution >= 0.6 is 11.8 Å². The molecule has 1 amide bonds. The van der Waals surface area contributed by atoms with Crippen molar-refractivity contribution in [3.05, 3.63) is 29.8 Å². The Kier molecular flexibility index (Phi) is 7.00. The van der Waals surface area contributed by atoms with Gasteiger partial charge in [0.2, 0.25) is 10.0 Å². The van der Waals surface area contributed by atoms with E-state index < -0.39 is 10.0 Å². The average molecular weight is 397 g/mol. The minimum absolute atomic E-state index is 0.201. The lowest BCUT2D eigenvalue weighted by Crippen LogP contribution is -2.35. The number of piperidine rings is 1. The summed E-state index contributed by atoms with van der Waals surface area (Å²) < 4.78 is 27.1. The number of amides is 1. The smallest absolute Gasteiger partial charge is 0.251 e. The largest absolute Gasteiger partial charge is 0.351 e. The van der Waals surface area contributed by atoms with Crippen LogP contribution in [0.3, 0.4) is 0 Å². The summed E-state index contributed by atoms with van der Waals surface area (Å²) in [7, 11) is -3.51. The molecule has 1 aliphatic carbocycles. The molecule has 5 nitrogen and oxygen atoms in total. The summed E-state index contributed by atoms with van der Waals surface area (Å²) in [5.74, 6) is 0.704. The molecular formula is C19H28N2O3S2. The Morgan fingerprint density at radius 2 is 1.85 bits per heavy atom. The predicted molar refractivity (Wildman–Crippen MR) is 106 cm³/mol. The first-order valence-electron chi connectivity index (χ1n) is 9.57. The molecule has 1 saturated carbocycles. The second-order valence-corrected chi connectivity index (χ2v) is 10.4. The molecule has 1 aliphatic heterocycles. The first-order valence-corrected chi connectivity index (χ1v) is 12.1. The highest BCUT2D eigenvalue weighted by atomic mass is 32.2. The third-order valence-electron chi connectivity index (χ3n) is 5.09. The number of nitrogens with one attached hydrogen (secondary N) is 1. The number of hydrogen-bond acceptors (Lipinski definition) is 4. The zero-order chi connectivity index (χ0) is 18.4. The van der Waals surface area contributed by atoms with Crippen molar-refractivity contribution in [2.24, 2.45) is 0 Å². The van der Waals surface area contributed by atoms with E-state index in [-0.39, 0.29) is 10.8 Å². The number of nitrogens with zero attached hydrogens (tertiary/aromatic N) is 1. The van der Waals surface area contributed by atoms with Crippen LogP contribution in [0.1, 0.15) is 55.3 Å². The van der Waals surface area contributed by atoms with Gasteiger partial charge in [-0.15, -0.1) is 0 Å². The maximum absolute atomic E-state index is 12.8. The standard InChI is InChI=1S/C19H28N2O3S2/c22-19(20-11-14-25-17-8-2-3-9-17)16-7-6-10-18(15-16)26(23,24)21-12-4-1-5-13-21/h6-7,10,15,17H,1-5,8-9,11-14H2,(H,20,22). The van der Waals surface area contributed by atoms with Crippen LogP contribution in [0.25, 0.3) is 0 Å². The highest BCUT2D eigenvalue weighted by molar-refractivity contribution is 7.99. The summed E-state index contributed by atoms with van der Waals surface area (Å²) >= 11 is 1.93. The van der Waals surface area contributed by atoms with Crippen LogP contribution in [0.4, 0.5) is 0 Å². The maximum Gasteiger partial charge on any atom is 0.251 e. The van der Waals surface area contributed by atoms with Crippen molar-refractivity contribution in [2.45, 2.75) is 55.1 Å². The summed E-state index contributed by atoms with van der Waals surface area (Å²) in [6.45, 7) is 1.75. The lowest BCUT2D eigenvalue weighted by molar-refractivity contribution is 0.0956. The van der Waals surface area contributed by atoms with Crippen molar-refractivity contribution < 1.29 is 13.2 Å². The minimum atomic E-state index is -3.51. The summed E-state index contributed by atoms with van der Waals surface area (Å²) in [5, 5.41) is 3.65. The normalized spacial score (nSPS) is 19.5. The molecule has 2 aliphatic rings. The second-order valence-electron chi connectivity index (χ2n) is 7.03. The van der Waals surface area contributed by atoms with Crippen LogP contribution in [0.5, 0.6) is 0 Å². The van der Waals surface area contributed by atoms with Gasteiger partial charge in [0, 0.05) is 36.2 Å². The number of benzene rings is 1. The van der Waals surface area contributed by atoms with Crippen LogP contribution in [-0.2, 0) is 10.0 Å². The molecule has 0 aromatic heterocycles. The van der Waals surface area contributed by atoms with E-state index in [2.05, 4.69) is 5.32 Å². The summed E-state index contributed by atoms with van der Waals surface area (Å²) in [5.41, 5.74) is 0.411. The molecule has 1 aromatic carbocycles. The molecule has 144 valence electrons. The third-order valence-corrected chi connectivity index (χ3v) is 8.37. The number of sulfonamides is 1. The molecular weight excluding hydrogens is 368 g/mol. The van der Waals surface area contributed by atoms with Crippen molar-refractivity contribution in [3.63, 3.8) is 0 Å². The van der Waals surface area contributed by atoms with Gasteiger partial charge in [-0.25, -0.2) is 8.42 Å². The van der Waals surface area contributed by atoms with Crippen molar-refractivity contribution in [3.8, 4) is 0 Å². The number of carbonyl (C=O) groups excluding carboxylic acids is 1. The van der Waals surface area contributed by atoms with E-state index in [1.54, 1.807) is 18.2 Å². The molecule has 0 bridgehead atoms. The average Bonchev–Trinajstić information content (AvgIpc) is 3.19. The zero-order valence-electron chi connectivity index (χ0n) is 15.2. The van der Waals surface area contributed by atoms with Gasteiger partial charge in [0.15, 0.2) is 0 Å². The molecule has 2 fully saturated rings. The Morgan fingerprint density at radius 3 is 2.58 bits per heavy atom. The van der Waals surface area contributed by atoms with Crippen molar-refractivity contribution in [1.29, 1.82) is 0 Å². The van der Waals surface area contributed by atoms with Gasteiger partial charge < -0.3 is 5.32 Å². The monoisotopic (exact) mass is 396 g/mol. The molecule has 3 rings (SSSR count). The topological polar surface area (TPSA) is 66.5 Å². The molecule has 7 heteroatoms. The van der Waals surface area contributed by atoms with Gasteiger partial charge in [0.25, 0.3) is 5.91 Å². The van der Waals surface area contributed by atoms with E-state index in [4.69, 9.17) is 0 Å². The van der Waals surface area contributed by atoms with Gasteiger partial charge in [0.1, 0.15) is 0 Å². The molecule has 0 spiro atoms. The van der Waals surface area contributed by atoms with Gasteiger partial charge >= 0.3 is 0 Å². The van der Waals surface area contributed by atoms with Gasteiger partial charge in [-0.05, 0) is 43.9 Å². The fourth-order valence-corrected chi connectivity index (χ4v) is 6.38. The highest BCUT2D eigenvalue weighted by Crippen LogP contribution is 2.29. The van der Waals surface area contributed by atoms with Crippen LogP contribution in [0.15, 0.2) is 29.2 Å². The Bertz CT molecular complexity index is 709. The van der Waals surface area contributed by atoms with Gasteiger partial charge in [0.05, 0.1) is 4.90 Å². The summed E-state index contributed by atoms with van der Waals surface area (Å²) in [6, 6.07) is 6.41. The number of rotatable bonds is 7. The Balaban J connectivity index is 1.56. The summed E-state index contributed by atoms with van der Waals surface area (Å²) in [4.78, 5) is 12.6. The first-order chi connectivity index (χ1) is 12.6. The van der Waals surface area contributed by atoms with Gasteiger partial charge in [-0.2, -0.15) is 16.1 Å². The first kappa shape index (κ1) is 19.7. The minimum Gasteiger partial charge on any atom is -0.351 e. The predicted octanol–water partition coefficient (Wildman–Crippen LogP) is 3.27. The van der Waals surface area contributed by atoms with Gasteiger partial charge in [-0.3, -0.25) is 4.79 Å². The maximum atomic E-state index is 12.8. The number of hydrogen-bond donors (Lipinski definition) is 1. The Labute approximate surface area is 161 Å². The molecule has 0 atom stereocenters. The third kappa shape index (κ3) is 5.02. The molecule has 1 heterocycles. The molecule has 0 unspecified atom stereocenters. The van der Waals surface area contributed by atoms with Crippen molar-refractivity contribution in [1.82, 2.24) is 9.62 Å². The molecule has 1 saturated heterocycles. The van der Waals surface area contributed by atoms with Crippen LogP contribution in [0, 0.1) is 0 Å². The summed E-state index contributed by atoms with van der Waals surface area (Å²) in [6.07, 6.45) is 8.10. The van der Waals surface area contributed by atoms with E-state index >= 15 is 0 Å².